The summed E-state index contributed by atoms with van der Waals surface area (Å²) in [5.41, 5.74) is 1.90. The molecule has 1 aliphatic rings. The van der Waals surface area contributed by atoms with E-state index in [1.54, 1.807) is 12.1 Å². The molecule has 0 aromatic heterocycles. The number of rotatable bonds is 5. The van der Waals surface area contributed by atoms with Gasteiger partial charge in [-0.2, -0.15) is 0 Å². The van der Waals surface area contributed by atoms with E-state index in [9.17, 15) is 9.18 Å². The molecule has 0 unspecified atom stereocenters. The van der Waals surface area contributed by atoms with Crippen LogP contribution in [0.4, 0.5) is 4.39 Å². The van der Waals surface area contributed by atoms with Gasteiger partial charge in [0.1, 0.15) is 17.3 Å². The van der Waals surface area contributed by atoms with Crippen LogP contribution < -0.4 is 4.74 Å². The average molecular weight is 337 g/mol. The van der Waals surface area contributed by atoms with Crippen LogP contribution in [0.3, 0.4) is 0 Å². The van der Waals surface area contributed by atoms with Crippen LogP contribution >= 0.6 is 0 Å². The summed E-state index contributed by atoms with van der Waals surface area (Å²) in [4.78, 5) is 14.2. The maximum Gasteiger partial charge on any atom is 0.250 e. The predicted octanol–water partition coefficient (Wildman–Crippen LogP) is 4.85. The fourth-order valence-corrected chi connectivity index (χ4v) is 2.71. The Hall–Kier alpha value is -2.88. The van der Waals surface area contributed by atoms with Gasteiger partial charge >= 0.3 is 0 Å². The molecule has 4 heteroatoms. The number of likely N-dealkylation sites (tertiary alicyclic amines) is 1. The zero-order chi connectivity index (χ0) is 17.6. The van der Waals surface area contributed by atoms with Crippen molar-refractivity contribution in [2.24, 2.45) is 0 Å². The highest BCUT2D eigenvalue weighted by atomic mass is 19.1. The second kappa shape index (κ2) is 7.79. The van der Waals surface area contributed by atoms with E-state index in [1.165, 1.54) is 12.1 Å². The van der Waals surface area contributed by atoms with Crippen LogP contribution in [0, 0.1) is 5.82 Å². The van der Waals surface area contributed by atoms with Gasteiger partial charge in [0.15, 0.2) is 0 Å². The summed E-state index contributed by atoms with van der Waals surface area (Å²) in [5, 5.41) is 0. The number of hydrogen-bond acceptors (Lipinski definition) is 2. The minimum Gasteiger partial charge on any atom is -0.457 e. The predicted molar refractivity (Wildman–Crippen MR) is 95.8 cm³/mol. The molecule has 128 valence electrons. The summed E-state index contributed by atoms with van der Waals surface area (Å²) in [7, 11) is 0. The van der Waals surface area contributed by atoms with Gasteiger partial charge in [0.05, 0.1) is 0 Å². The van der Waals surface area contributed by atoms with Gasteiger partial charge < -0.3 is 9.64 Å². The van der Waals surface area contributed by atoms with Crippen LogP contribution in [0.15, 0.2) is 72.3 Å². The van der Waals surface area contributed by atoms with E-state index in [2.05, 4.69) is 0 Å². The number of allylic oxidation sites excluding steroid dienone is 3. The van der Waals surface area contributed by atoms with Crippen molar-refractivity contribution in [3.63, 3.8) is 0 Å². The van der Waals surface area contributed by atoms with Gasteiger partial charge in [0.2, 0.25) is 5.91 Å². The molecule has 1 heterocycles. The third-order valence-electron chi connectivity index (χ3n) is 4.05. The minimum absolute atomic E-state index is 0.102. The standard InChI is InChI=1S/C21H20FNO2/c1-2-3-4-17-13-14-23(21(17)24)15-16-5-9-19(10-6-16)25-20-11-7-18(22)8-12-20/h2-12H,13-15H2,1H3/b3-2-,17-4+. The van der Waals surface area contributed by atoms with Crippen LogP contribution in [-0.4, -0.2) is 17.4 Å². The van der Waals surface area contributed by atoms with Gasteiger partial charge in [0, 0.05) is 18.7 Å². The molecule has 1 fully saturated rings. The van der Waals surface area contributed by atoms with Crippen molar-refractivity contribution < 1.29 is 13.9 Å². The van der Waals surface area contributed by atoms with Gasteiger partial charge in [-0.25, -0.2) is 4.39 Å². The highest BCUT2D eigenvalue weighted by Crippen LogP contribution is 2.24. The smallest absolute Gasteiger partial charge is 0.250 e. The lowest BCUT2D eigenvalue weighted by Crippen LogP contribution is -2.24. The topological polar surface area (TPSA) is 29.5 Å². The molecule has 0 bridgehead atoms. The summed E-state index contributed by atoms with van der Waals surface area (Å²) in [5.74, 6) is 1.07. The van der Waals surface area contributed by atoms with Crippen LogP contribution in [0.25, 0.3) is 0 Å². The summed E-state index contributed by atoms with van der Waals surface area (Å²) >= 11 is 0. The van der Waals surface area contributed by atoms with Gasteiger partial charge in [-0.15, -0.1) is 0 Å². The van der Waals surface area contributed by atoms with E-state index in [0.717, 1.165) is 24.1 Å². The maximum atomic E-state index is 12.9. The van der Waals surface area contributed by atoms with Gasteiger partial charge in [-0.1, -0.05) is 30.4 Å². The number of halogens is 1. The third-order valence-corrected chi connectivity index (χ3v) is 4.05. The van der Waals surface area contributed by atoms with Crippen molar-refractivity contribution in [2.45, 2.75) is 19.9 Å². The fraction of sp³-hybridized carbons (Fsp3) is 0.190. The highest BCUT2D eigenvalue weighted by Gasteiger charge is 2.25. The molecule has 0 saturated carbocycles. The minimum atomic E-state index is -0.291. The Morgan fingerprint density at radius 2 is 1.72 bits per heavy atom. The molecule has 2 aromatic carbocycles. The Morgan fingerprint density at radius 1 is 1.08 bits per heavy atom. The van der Waals surface area contributed by atoms with Crippen molar-refractivity contribution in [3.8, 4) is 11.5 Å². The monoisotopic (exact) mass is 337 g/mol. The van der Waals surface area contributed by atoms with E-state index < -0.39 is 0 Å². The summed E-state index contributed by atoms with van der Waals surface area (Å²) in [6.45, 7) is 3.27. The zero-order valence-corrected chi connectivity index (χ0v) is 14.1. The fourth-order valence-electron chi connectivity index (χ4n) is 2.71. The number of carbonyl (C=O) groups excluding carboxylic acids is 1. The van der Waals surface area contributed by atoms with E-state index >= 15 is 0 Å². The largest absolute Gasteiger partial charge is 0.457 e. The maximum absolute atomic E-state index is 12.9. The first kappa shape index (κ1) is 17.0. The first-order chi connectivity index (χ1) is 12.2. The van der Waals surface area contributed by atoms with E-state index in [1.807, 2.05) is 54.3 Å². The molecule has 0 N–H and O–H groups in total. The normalized spacial score (nSPS) is 16.2. The average Bonchev–Trinajstić information content (AvgIpc) is 2.97. The first-order valence-corrected chi connectivity index (χ1v) is 8.29. The second-order valence-electron chi connectivity index (χ2n) is 5.89. The third kappa shape index (κ3) is 4.35. The molecular weight excluding hydrogens is 317 g/mol. The number of benzene rings is 2. The molecule has 2 aromatic rings. The Bertz CT molecular complexity index is 792. The molecule has 1 aliphatic heterocycles. The van der Waals surface area contributed by atoms with Crippen LogP contribution in [0.1, 0.15) is 18.9 Å². The molecule has 3 nitrogen and oxygen atoms in total. The number of carbonyl (C=O) groups is 1. The molecule has 1 saturated heterocycles. The number of nitrogens with zero attached hydrogens (tertiary/aromatic N) is 1. The molecule has 0 spiro atoms. The molecule has 3 rings (SSSR count). The highest BCUT2D eigenvalue weighted by molar-refractivity contribution is 5.95. The van der Waals surface area contributed by atoms with E-state index in [4.69, 9.17) is 4.74 Å². The van der Waals surface area contributed by atoms with Crippen molar-refractivity contribution in [1.29, 1.82) is 0 Å². The van der Waals surface area contributed by atoms with Gasteiger partial charge in [0.25, 0.3) is 0 Å². The Morgan fingerprint density at radius 3 is 2.36 bits per heavy atom. The Balaban J connectivity index is 1.61. The van der Waals surface area contributed by atoms with E-state index in [-0.39, 0.29) is 11.7 Å². The quantitative estimate of drug-likeness (QED) is 0.730. The lowest BCUT2D eigenvalue weighted by Gasteiger charge is -2.15. The number of hydrogen-bond donors (Lipinski definition) is 0. The van der Waals surface area contributed by atoms with Crippen LogP contribution in [0.5, 0.6) is 11.5 Å². The molecular formula is C21H20FNO2. The molecule has 25 heavy (non-hydrogen) atoms. The van der Waals surface area contributed by atoms with Crippen LogP contribution in [0.2, 0.25) is 0 Å². The van der Waals surface area contributed by atoms with Crippen LogP contribution in [-0.2, 0) is 11.3 Å². The van der Waals surface area contributed by atoms with Crippen molar-refractivity contribution in [3.05, 3.63) is 83.7 Å². The van der Waals surface area contributed by atoms with Crippen molar-refractivity contribution >= 4 is 5.91 Å². The number of amides is 1. The first-order valence-electron chi connectivity index (χ1n) is 8.29. The lowest BCUT2D eigenvalue weighted by molar-refractivity contribution is -0.125. The summed E-state index contributed by atoms with van der Waals surface area (Å²) < 4.78 is 18.6. The SMILES string of the molecule is C/C=C\C=C1/CCN(Cc2ccc(Oc3ccc(F)cc3)cc2)C1=O. The van der Waals surface area contributed by atoms with E-state index in [0.29, 0.717) is 18.0 Å². The van der Waals surface area contributed by atoms with Crippen molar-refractivity contribution in [1.82, 2.24) is 4.90 Å². The zero-order valence-electron chi connectivity index (χ0n) is 14.1. The number of ether oxygens (including phenoxy) is 1. The lowest BCUT2D eigenvalue weighted by atomic mass is 10.2. The second-order valence-corrected chi connectivity index (χ2v) is 5.89. The van der Waals surface area contributed by atoms with Crippen molar-refractivity contribution in [2.75, 3.05) is 6.54 Å². The Labute approximate surface area is 147 Å². The Kier molecular flexibility index (Phi) is 5.29. The van der Waals surface area contributed by atoms with Gasteiger partial charge in [-0.3, -0.25) is 4.79 Å². The van der Waals surface area contributed by atoms with Gasteiger partial charge in [-0.05, 0) is 55.3 Å². The molecule has 0 radical (unpaired) electrons. The molecule has 1 amide bonds. The summed E-state index contributed by atoms with van der Waals surface area (Å²) in [6.07, 6.45) is 6.50. The molecule has 0 aliphatic carbocycles. The molecule has 0 atom stereocenters. The summed E-state index contributed by atoms with van der Waals surface area (Å²) in [6, 6.07) is 13.5.